The van der Waals surface area contributed by atoms with Gasteiger partial charge in [0.15, 0.2) is 5.78 Å². The summed E-state index contributed by atoms with van der Waals surface area (Å²) in [6, 6.07) is 0. The fourth-order valence-corrected chi connectivity index (χ4v) is 2.34. The van der Waals surface area contributed by atoms with E-state index >= 15 is 0 Å². The summed E-state index contributed by atoms with van der Waals surface area (Å²) in [6.45, 7) is 3.78. The Kier molecular flexibility index (Phi) is 17.9. The summed E-state index contributed by atoms with van der Waals surface area (Å²) in [5, 5.41) is 9.08. The Hall–Kier alpha value is -1.41. The SMILES string of the molecule is CCCCCC/C=C\C/C=C\C/C=C\C/C=C\CCCC(=O)C(C)O. The lowest BCUT2D eigenvalue weighted by Gasteiger charge is -2.00. The van der Waals surface area contributed by atoms with E-state index in [1.54, 1.807) is 0 Å². The zero-order valence-electron chi connectivity index (χ0n) is 16.3. The fourth-order valence-electron chi connectivity index (χ4n) is 2.34. The first kappa shape index (κ1) is 23.6. The molecule has 1 N–H and O–H groups in total. The molecule has 2 heteroatoms. The molecule has 0 aliphatic rings. The van der Waals surface area contributed by atoms with Crippen LogP contribution in [0.3, 0.4) is 0 Å². The summed E-state index contributed by atoms with van der Waals surface area (Å²) < 4.78 is 0. The predicted molar refractivity (Wildman–Crippen MR) is 110 cm³/mol. The van der Waals surface area contributed by atoms with Crippen molar-refractivity contribution < 1.29 is 9.90 Å². The maximum Gasteiger partial charge on any atom is 0.160 e. The van der Waals surface area contributed by atoms with E-state index in [2.05, 4.69) is 55.5 Å². The highest BCUT2D eigenvalue weighted by Gasteiger charge is 2.06. The summed E-state index contributed by atoms with van der Waals surface area (Å²) in [7, 11) is 0. The van der Waals surface area contributed by atoms with Gasteiger partial charge in [0.05, 0.1) is 0 Å². The van der Waals surface area contributed by atoms with Crippen molar-refractivity contribution in [1.82, 2.24) is 0 Å². The molecule has 0 fully saturated rings. The first-order valence-corrected chi connectivity index (χ1v) is 9.99. The van der Waals surface area contributed by atoms with Crippen LogP contribution in [0.5, 0.6) is 0 Å². The van der Waals surface area contributed by atoms with Crippen molar-refractivity contribution in [1.29, 1.82) is 0 Å². The molecule has 25 heavy (non-hydrogen) atoms. The predicted octanol–water partition coefficient (Wildman–Crippen LogP) is 6.47. The van der Waals surface area contributed by atoms with Crippen LogP contribution in [0.2, 0.25) is 0 Å². The van der Waals surface area contributed by atoms with Crippen molar-refractivity contribution in [2.24, 2.45) is 0 Å². The minimum atomic E-state index is -0.818. The number of hydrogen-bond donors (Lipinski definition) is 1. The topological polar surface area (TPSA) is 37.3 Å². The smallest absolute Gasteiger partial charge is 0.160 e. The van der Waals surface area contributed by atoms with E-state index in [9.17, 15) is 4.79 Å². The van der Waals surface area contributed by atoms with E-state index in [1.165, 1.54) is 39.0 Å². The number of allylic oxidation sites excluding steroid dienone is 8. The number of rotatable bonds is 16. The average Bonchev–Trinajstić information content (AvgIpc) is 2.60. The Labute approximate surface area is 155 Å². The number of carbonyl (C=O) groups excluding carboxylic acids is 1. The van der Waals surface area contributed by atoms with Crippen LogP contribution in [0.25, 0.3) is 0 Å². The molecule has 0 saturated carbocycles. The molecule has 0 aromatic heterocycles. The Bertz CT molecular complexity index is 414. The summed E-state index contributed by atoms with van der Waals surface area (Å²) in [5.74, 6) is -0.0635. The van der Waals surface area contributed by atoms with Gasteiger partial charge in [0, 0.05) is 6.42 Å². The second-order valence-corrected chi connectivity index (χ2v) is 6.48. The van der Waals surface area contributed by atoms with Crippen molar-refractivity contribution >= 4 is 5.78 Å². The third kappa shape index (κ3) is 18.8. The standard InChI is InChI=1S/C23H38O2/c1-3-4-5-6-7-8-9-10-11-12-13-14-15-16-17-18-19-20-21-23(25)22(2)24/h8-9,11-12,14-15,17-18,22,24H,3-7,10,13,16,19-21H2,1-2H3/b9-8-,12-11-,15-14-,18-17-. The summed E-state index contributed by atoms with van der Waals surface area (Å²) >= 11 is 0. The first-order valence-electron chi connectivity index (χ1n) is 9.99. The molecule has 0 radical (unpaired) electrons. The number of Topliss-reactive ketones (excluding diaryl/α,β-unsaturated/α-hetero) is 1. The summed E-state index contributed by atoms with van der Waals surface area (Å²) in [6.07, 6.45) is 28.5. The molecule has 0 rings (SSSR count). The zero-order chi connectivity index (χ0) is 18.6. The van der Waals surface area contributed by atoms with Gasteiger partial charge in [0.25, 0.3) is 0 Å². The van der Waals surface area contributed by atoms with Gasteiger partial charge >= 0.3 is 0 Å². The third-order valence-corrected chi connectivity index (χ3v) is 3.97. The highest BCUT2D eigenvalue weighted by molar-refractivity contribution is 5.82. The molecule has 142 valence electrons. The van der Waals surface area contributed by atoms with Crippen LogP contribution in [0, 0.1) is 0 Å². The number of unbranched alkanes of at least 4 members (excludes halogenated alkanes) is 5. The lowest BCUT2D eigenvalue weighted by atomic mass is 10.1. The second-order valence-electron chi connectivity index (χ2n) is 6.48. The van der Waals surface area contributed by atoms with Gasteiger partial charge in [-0.05, 0) is 51.9 Å². The van der Waals surface area contributed by atoms with E-state index in [4.69, 9.17) is 5.11 Å². The molecule has 0 aliphatic carbocycles. The number of aliphatic hydroxyl groups is 1. The van der Waals surface area contributed by atoms with Gasteiger partial charge in [0.2, 0.25) is 0 Å². The number of carbonyl (C=O) groups is 1. The number of ketones is 1. The highest BCUT2D eigenvalue weighted by atomic mass is 16.3. The molecular formula is C23H38O2. The lowest BCUT2D eigenvalue weighted by Crippen LogP contribution is -2.15. The maximum absolute atomic E-state index is 11.2. The van der Waals surface area contributed by atoms with E-state index in [0.717, 1.165) is 32.1 Å². The van der Waals surface area contributed by atoms with Gasteiger partial charge in [-0.2, -0.15) is 0 Å². The van der Waals surface area contributed by atoms with Gasteiger partial charge < -0.3 is 5.11 Å². The van der Waals surface area contributed by atoms with Crippen molar-refractivity contribution in [2.75, 3.05) is 0 Å². The average molecular weight is 347 g/mol. The normalized spacial score (nSPS) is 13.7. The van der Waals surface area contributed by atoms with E-state index in [-0.39, 0.29) is 5.78 Å². The Morgan fingerprint density at radius 2 is 1.24 bits per heavy atom. The van der Waals surface area contributed by atoms with Gasteiger partial charge in [-0.25, -0.2) is 0 Å². The van der Waals surface area contributed by atoms with Crippen LogP contribution < -0.4 is 0 Å². The molecule has 0 amide bonds. The molecule has 0 bridgehead atoms. The molecule has 0 aromatic carbocycles. The molecule has 2 nitrogen and oxygen atoms in total. The van der Waals surface area contributed by atoms with E-state index in [0.29, 0.717) is 6.42 Å². The van der Waals surface area contributed by atoms with E-state index in [1.807, 2.05) is 0 Å². The van der Waals surface area contributed by atoms with Gasteiger partial charge in [-0.3, -0.25) is 4.79 Å². The molecule has 0 aliphatic heterocycles. The van der Waals surface area contributed by atoms with Crippen molar-refractivity contribution in [2.45, 2.75) is 90.6 Å². The lowest BCUT2D eigenvalue weighted by molar-refractivity contribution is -0.126. The number of hydrogen-bond acceptors (Lipinski definition) is 2. The Morgan fingerprint density at radius 3 is 1.72 bits per heavy atom. The van der Waals surface area contributed by atoms with Crippen molar-refractivity contribution in [3.05, 3.63) is 48.6 Å². The molecule has 1 atom stereocenters. The molecule has 1 unspecified atom stereocenters. The zero-order valence-corrected chi connectivity index (χ0v) is 16.3. The van der Waals surface area contributed by atoms with Crippen molar-refractivity contribution in [3.63, 3.8) is 0 Å². The quantitative estimate of drug-likeness (QED) is 0.257. The number of aliphatic hydroxyl groups excluding tert-OH is 1. The van der Waals surface area contributed by atoms with Crippen LogP contribution in [0.15, 0.2) is 48.6 Å². The van der Waals surface area contributed by atoms with E-state index < -0.39 is 6.10 Å². The minimum absolute atomic E-state index is 0.0635. The van der Waals surface area contributed by atoms with Gasteiger partial charge in [-0.15, -0.1) is 0 Å². The highest BCUT2D eigenvalue weighted by Crippen LogP contribution is 2.04. The van der Waals surface area contributed by atoms with Crippen LogP contribution in [-0.4, -0.2) is 17.0 Å². The van der Waals surface area contributed by atoms with Crippen molar-refractivity contribution in [3.8, 4) is 0 Å². The first-order chi connectivity index (χ1) is 12.2. The molecular weight excluding hydrogens is 308 g/mol. The Balaban J connectivity index is 3.46. The maximum atomic E-state index is 11.2. The summed E-state index contributed by atoms with van der Waals surface area (Å²) in [5.41, 5.74) is 0. The van der Waals surface area contributed by atoms with Crippen LogP contribution in [-0.2, 0) is 4.79 Å². The van der Waals surface area contributed by atoms with Gasteiger partial charge in [-0.1, -0.05) is 74.8 Å². The fraction of sp³-hybridized carbons (Fsp3) is 0.609. The van der Waals surface area contributed by atoms with Crippen LogP contribution >= 0.6 is 0 Å². The monoisotopic (exact) mass is 346 g/mol. The van der Waals surface area contributed by atoms with Crippen LogP contribution in [0.1, 0.15) is 84.5 Å². The molecule has 0 saturated heterocycles. The molecule has 0 spiro atoms. The third-order valence-electron chi connectivity index (χ3n) is 3.97. The second kappa shape index (κ2) is 18.9. The minimum Gasteiger partial charge on any atom is -0.386 e. The largest absolute Gasteiger partial charge is 0.386 e. The Morgan fingerprint density at radius 1 is 0.760 bits per heavy atom. The molecule has 0 aromatic rings. The van der Waals surface area contributed by atoms with Gasteiger partial charge in [0.1, 0.15) is 6.10 Å². The van der Waals surface area contributed by atoms with Crippen LogP contribution in [0.4, 0.5) is 0 Å². The molecule has 0 heterocycles. The summed E-state index contributed by atoms with van der Waals surface area (Å²) in [4.78, 5) is 11.2.